The van der Waals surface area contributed by atoms with Gasteiger partial charge in [-0.1, -0.05) is 99.3 Å². The van der Waals surface area contributed by atoms with E-state index < -0.39 is 0 Å². The second kappa shape index (κ2) is 11.6. The van der Waals surface area contributed by atoms with Crippen LogP contribution in [0.1, 0.15) is 49.4 Å². The molecule has 0 aliphatic rings. The molecule has 0 atom stereocenters. The first-order valence-corrected chi connectivity index (χ1v) is 10.0. The van der Waals surface area contributed by atoms with E-state index in [-0.39, 0.29) is 0 Å². The van der Waals surface area contributed by atoms with E-state index in [0.717, 1.165) is 12.0 Å². The van der Waals surface area contributed by atoms with E-state index >= 15 is 0 Å². The number of benzene rings is 2. The lowest BCUT2D eigenvalue weighted by Crippen LogP contribution is -1.88. The lowest BCUT2D eigenvalue weighted by atomic mass is 10.1. The summed E-state index contributed by atoms with van der Waals surface area (Å²) < 4.78 is 0. The highest BCUT2D eigenvalue weighted by Crippen LogP contribution is 2.31. The highest BCUT2D eigenvalue weighted by atomic mass is 32.2. The molecule has 0 radical (unpaired) electrons. The molecule has 26 heavy (non-hydrogen) atoms. The maximum absolute atomic E-state index is 4.24. The fourth-order valence-corrected chi connectivity index (χ4v) is 3.25. The first-order valence-electron chi connectivity index (χ1n) is 9.21. The number of rotatable bonds is 6. The van der Waals surface area contributed by atoms with Gasteiger partial charge in [0.05, 0.1) is 0 Å². The number of hydrogen-bond acceptors (Lipinski definition) is 1. The van der Waals surface area contributed by atoms with Crippen molar-refractivity contribution in [3.63, 3.8) is 0 Å². The Morgan fingerprint density at radius 1 is 1.00 bits per heavy atom. The van der Waals surface area contributed by atoms with Crippen LogP contribution in [0, 0.1) is 13.8 Å². The molecule has 0 aliphatic heterocycles. The molecule has 2 aromatic carbocycles. The number of thioether (sulfide) groups is 1. The van der Waals surface area contributed by atoms with Gasteiger partial charge < -0.3 is 0 Å². The molecule has 2 aromatic rings. The molecule has 0 saturated carbocycles. The van der Waals surface area contributed by atoms with E-state index in [1.54, 1.807) is 11.8 Å². The van der Waals surface area contributed by atoms with Crippen LogP contribution in [0.15, 0.2) is 77.1 Å². The summed E-state index contributed by atoms with van der Waals surface area (Å²) in [6.07, 6.45) is 6.26. The van der Waals surface area contributed by atoms with Gasteiger partial charge in [0.1, 0.15) is 0 Å². The van der Waals surface area contributed by atoms with Crippen LogP contribution in [0.5, 0.6) is 0 Å². The van der Waals surface area contributed by atoms with Crippen molar-refractivity contribution < 1.29 is 0 Å². The Kier molecular flexibility index (Phi) is 9.83. The first-order chi connectivity index (χ1) is 12.3. The van der Waals surface area contributed by atoms with E-state index in [0.29, 0.717) is 0 Å². The van der Waals surface area contributed by atoms with Gasteiger partial charge in [-0.25, -0.2) is 0 Å². The number of hydrogen-bond donors (Lipinski definition) is 0. The van der Waals surface area contributed by atoms with Crippen molar-refractivity contribution >= 4 is 17.8 Å². The minimum atomic E-state index is 0.891. The zero-order valence-corrected chi connectivity index (χ0v) is 17.7. The zero-order chi connectivity index (χ0) is 19.5. The van der Waals surface area contributed by atoms with Crippen molar-refractivity contribution in [2.45, 2.75) is 52.4 Å². The van der Waals surface area contributed by atoms with Crippen LogP contribution < -0.4 is 0 Å². The Bertz CT molecular complexity index is 748. The average molecular weight is 365 g/mol. The van der Waals surface area contributed by atoms with Gasteiger partial charge in [-0.3, -0.25) is 0 Å². The third kappa shape index (κ3) is 8.40. The number of aryl methyl sites for hydroxylation is 2. The molecule has 138 valence electrons. The summed E-state index contributed by atoms with van der Waals surface area (Å²) >= 11 is 1.78. The fourth-order valence-electron chi connectivity index (χ4n) is 2.22. The molecule has 1 heteroatoms. The molecule has 0 N–H and O–H groups in total. The minimum absolute atomic E-state index is 0.891. The van der Waals surface area contributed by atoms with Crippen molar-refractivity contribution in [1.82, 2.24) is 0 Å². The van der Waals surface area contributed by atoms with E-state index in [9.17, 15) is 0 Å². The molecule has 0 nitrogen and oxygen atoms in total. The summed E-state index contributed by atoms with van der Waals surface area (Å²) in [6, 6.07) is 15.2. The molecular formula is C25H32S. The largest absolute Gasteiger partial charge is 0.0961 e. The average Bonchev–Trinajstić information content (AvgIpc) is 2.58. The van der Waals surface area contributed by atoms with Crippen LogP contribution in [0.4, 0.5) is 0 Å². The molecular weight excluding hydrogens is 332 g/mol. The second-order valence-electron chi connectivity index (χ2n) is 6.71. The Morgan fingerprint density at radius 3 is 2.19 bits per heavy atom. The van der Waals surface area contributed by atoms with Gasteiger partial charge in [0.15, 0.2) is 0 Å². The van der Waals surface area contributed by atoms with Crippen molar-refractivity contribution in [3.8, 4) is 0 Å². The topological polar surface area (TPSA) is 0 Å². The molecule has 0 bridgehead atoms. The highest BCUT2D eigenvalue weighted by molar-refractivity contribution is 8.03. The summed E-state index contributed by atoms with van der Waals surface area (Å²) in [7, 11) is 0. The first kappa shape index (κ1) is 22.1. The van der Waals surface area contributed by atoms with Crippen molar-refractivity contribution in [2.75, 3.05) is 0 Å². The zero-order valence-electron chi connectivity index (χ0n) is 16.9. The lowest BCUT2D eigenvalue weighted by molar-refractivity contribution is 1.09. The monoisotopic (exact) mass is 364 g/mol. The second-order valence-corrected chi connectivity index (χ2v) is 7.94. The summed E-state index contributed by atoms with van der Waals surface area (Å²) in [6.45, 7) is 18.6. The van der Waals surface area contributed by atoms with Crippen molar-refractivity contribution in [3.05, 3.63) is 94.4 Å². The molecule has 0 amide bonds. The van der Waals surface area contributed by atoms with Crippen molar-refractivity contribution in [1.29, 1.82) is 0 Å². The van der Waals surface area contributed by atoms with Crippen molar-refractivity contribution in [2.24, 2.45) is 0 Å². The Labute approximate surface area is 164 Å². The predicted molar refractivity (Wildman–Crippen MR) is 121 cm³/mol. The minimum Gasteiger partial charge on any atom is -0.0961 e. The summed E-state index contributed by atoms with van der Waals surface area (Å²) in [5, 5.41) is 0. The van der Waals surface area contributed by atoms with Gasteiger partial charge in [-0.05, 0) is 54.0 Å². The van der Waals surface area contributed by atoms with Gasteiger partial charge >= 0.3 is 0 Å². The summed E-state index contributed by atoms with van der Waals surface area (Å²) in [5.74, 6) is 0. The third-order valence-electron chi connectivity index (χ3n) is 3.54. The Hall–Kier alpha value is -1.99. The molecule has 0 aliphatic carbocycles. The maximum Gasteiger partial charge on any atom is 0.0150 e. The maximum atomic E-state index is 4.24. The van der Waals surface area contributed by atoms with Crippen LogP contribution in [-0.4, -0.2) is 0 Å². The van der Waals surface area contributed by atoms with Crippen LogP contribution in [0.2, 0.25) is 0 Å². The Morgan fingerprint density at radius 2 is 1.62 bits per heavy atom. The van der Waals surface area contributed by atoms with E-state index in [1.165, 1.54) is 38.5 Å². The molecule has 0 unspecified atom stereocenters. The summed E-state index contributed by atoms with van der Waals surface area (Å²) in [5.41, 5.74) is 6.15. The van der Waals surface area contributed by atoms with E-state index in [4.69, 9.17) is 0 Å². The standard InChI is InChI=1S/C22H24S.C3H8/c1-16(2)6-9-20-10-12-21(13-11-20)15-19(5)23-22-14-17(3)7-8-18(22)4;1-3-2/h6-14H,1,5,15H2,2-4H3;3H2,1-2H3/b9-6+;. The predicted octanol–water partition coefficient (Wildman–Crippen LogP) is 8.16. The highest BCUT2D eigenvalue weighted by Gasteiger charge is 2.04. The van der Waals surface area contributed by atoms with Gasteiger partial charge in [0, 0.05) is 11.3 Å². The van der Waals surface area contributed by atoms with Gasteiger partial charge in [0.2, 0.25) is 0 Å². The fraction of sp³-hybridized carbons (Fsp3) is 0.280. The number of allylic oxidation sites excluding steroid dienone is 3. The lowest BCUT2D eigenvalue weighted by Gasteiger charge is -2.09. The van der Waals surface area contributed by atoms with Gasteiger partial charge in [0.25, 0.3) is 0 Å². The molecule has 0 spiro atoms. The van der Waals surface area contributed by atoms with E-state index in [1.807, 2.05) is 13.0 Å². The smallest absolute Gasteiger partial charge is 0.0150 e. The van der Waals surface area contributed by atoms with Crippen LogP contribution in [-0.2, 0) is 6.42 Å². The molecule has 0 heterocycles. The van der Waals surface area contributed by atoms with Crippen LogP contribution in [0.3, 0.4) is 0 Å². The normalized spacial score (nSPS) is 10.3. The van der Waals surface area contributed by atoms with Gasteiger partial charge in [-0.2, -0.15) is 0 Å². The van der Waals surface area contributed by atoms with E-state index in [2.05, 4.69) is 89.4 Å². The van der Waals surface area contributed by atoms with Crippen LogP contribution in [0.25, 0.3) is 6.08 Å². The summed E-state index contributed by atoms with van der Waals surface area (Å²) in [4.78, 5) is 2.47. The quantitative estimate of drug-likeness (QED) is 0.368. The molecule has 2 rings (SSSR count). The van der Waals surface area contributed by atoms with Crippen LogP contribution >= 0.6 is 11.8 Å². The molecule has 0 saturated heterocycles. The SMILES string of the molecule is C=C(C)/C=C/c1ccc(CC(=C)Sc2cc(C)ccc2C)cc1.CCC. The van der Waals surface area contributed by atoms with Gasteiger partial charge in [-0.15, -0.1) is 0 Å². The third-order valence-corrected chi connectivity index (χ3v) is 4.63. The Balaban J connectivity index is 0.00000105. The molecule has 0 aromatic heterocycles. The molecule has 0 fully saturated rings.